The number of hydrogen-bond acceptors (Lipinski definition) is 5. The summed E-state index contributed by atoms with van der Waals surface area (Å²) in [6, 6.07) is 11.3. The van der Waals surface area contributed by atoms with Crippen LogP contribution in [-0.2, 0) is 26.2 Å². The highest BCUT2D eigenvalue weighted by molar-refractivity contribution is 7.92. The number of amides is 2. The molecule has 0 fully saturated rings. The number of carbonyl (C=O) groups is 2. The number of nitrogens with one attached hydrogen (secondary N) is 1. The van der Waals surface area contributed by atoms with E-state index in [1.54, 1.807) is 6.07 Å². The van der Waals surface area contributed by atoms with Gasteiger partial charge in [-0.2, -0.15) is 0 Å². The summed E-state index contributed by atoms with van der Waals surface area (Å²) in [6.07, 6.45) is 2.16. The predicted molar refractivity (Wildman–Crippen MR) is 139 cm³/mol. The van der Waals surface area contributed by atoms with Gasteiger partial charge in [0.2, 0.25) is 21.8 Å². The summed E-state index contributed by atoms with van der Waals surface area (Å²) < 4.78 is 31.5. The van der Waals surface area contributed by atoms with E-state index in [0.29, 0.717) is 18.7 Å². The Morgan fingerprint density at radius 2 is 1.83 bits per heavy atom. The molecule has 2 aromatic carbocycles. The number of rotatable bonds is 12. The lowest BCUT2D eigenvalue weighted by Crippen LogP contribution is -2.52. The van der Waals surface area contributed by atoms with Gasteiger partial charge >= 0.3 is 0 Å². The SMILES string of the molecule is CCCNC(=O)C(CC)N(Cc1ccccc1C)C(=O)CN(c1ccc(OC)c(Cl)c1)S(C)(=O)=O. The van der Waals surface area contributed by atoms with Gasteiger partial charge in [-0.3, -0.25) is 13.9 Å². The van der Waals surface area contributed by atoms with Gasteiger partial charge in [0.1, 0.15) is 18.3 Å². The Kier molecular flexibility index (Phi) is 10.4. The topological polar surface area (TPSA) is 96.0 Å². The fourth-order valence-corrected chi connectivity index (χ4v) is 4.77. The number of halogens is 1. The number of ether oxygens (including phenoxy) is 1. The zero-order valence-corrected chi connectivity index (χ0v) is 22.4. The van der Waals surface area contributed by atoms with E-state index >= 15 is 0 Å². The van der Waals surface area contributed by atoms with Crippen LogP contribution in [0.3, 0.4) is 0 Å². The molecule has 8 nitrogen and oxygen atoms in total. The molecule has 0 radical (unpaired) electrons. The summed E-state index contributed by atoms with van der Waals surface area (Å²) in [4.78, 5) is 28.1. The number of anilines is 1. The monoisotopic (exact) mass is 523 g/mol. The maximum absolute atomic E-state index is 13.7. The van der Waals surface area contributed by atoms with Gasteiger partial charge in [0, 0.05) is 13.1 Å². The van der Waals surface area contributed by atoms with Crippen molar-refractivity contribution in [1.82, 2.24) is 10.2 Å². The highest BCUT2D eigenvalue weighted by Crippen LogP contribution is 2.30. The zero-order chi connectivity index (χ0) is 26.2. The second kappa shape index (κ2) is 12.8. The third-order valence-corrected chi connectivity index (χ3v) is 7.08. The zero-order valence-electron chi connectivity index (χ0n) is 20.9. The van der Waals surface area contributed by atoms with Gasteiger partial charge in [0.15, 0.2) is 0 Å². The van der Waals surface area contributed by atoms with Crippen LogP contribution in [0.15, 0.2) is 42.5 Å². The van der Waals surface area contributed by atoms with Crippen molar-refractivity contribution in [3.63, 3.8) is 0 Å². The number of carbonyl (C=O) groups excluding carboxylic acids is 2. The Morgan fingerprint density at radius 3 is 2.37 bits per heavy atom. The van der Waals surface area contributed by atoms with Gasteiger partial charge in [-0.25, -0.2) is 8.42 Å². The third-order valence-electron chi connectivity index (χ3n) is 5.64. The van der Waals surface area contributed by atoms with Crippen molar-refractivity contribution in [1.29, 1.82) is 0 Å². The molecule has 10 heteroatoms. The fraction of sp³-hybridized carbons (Fsp3) is 0.440. The van der Waals surface area contributed by atoms with E-state index < -0.39 is 28.5 Å². The van der Waals surface area contributed by atoms with Gasteiger partial charge in [0.05, 0.1) is 24.1 Å². The maximum Gasteiger partial charge on any atom is 0.244 e. The smallest absolute Gasteiger partial charge is 0.244 e. The lowest BCUT2D eigenvalue weighted by molar-refractivity contribution is -0.140. The number of benzene rings is 2. The van der Waals surface area contributed by atoms with E-state index in [-0.39, 0.29) is 23.2 Å². The van der Waals surface area contributed by atoms with Crippen LogP contribution >= 0.6 is 11.6 Å². The second-order valence-corrected chi connectivity index (χ2v) is 10.6. The molecule has 192 valence electrons. The molecule has 0 saturated carbocycles. The molecule has 0 aromatic heterocycles. The van der Waals surface area contributed by atoms with Crippen LogP contribution in [0.4, 0.5) is 5.69 Å². The van der Waals surface area contributed by atoms with Gasteiger partial charge in [-0.15, -0.1) is 0 Å². The van der Waals surface area contributed by atoms with Crippen LogP contribution in [0.25, 0.3) is 0 Å². The highest BCUT2D eigenvalue weighted by Gasteiger charge is 2.32. The van der Waals surface area contributed by atoms with Crippen LogP contribution in [0, 0.1) is 6.92 Å². The van der Waals surface area contributed by atoms with Crippen molar-refractivity contribution in [2.75, 3.05) is 30.8 Å². The molecule has 0 aliphatic heterocycles. The largest absolute Gasteiger partial charge is 0.495 e. The molecule has 2 amide bonds. The quantitative estimate of drug-likeness (QED) is 0.457. The fourth-order valence-electron chi connectivity index (χ4n) is 3.68. The minimum absolute atomic E-state index is 0.171. The molecule has 0 aliphatic rings. The van der Waals surface area contributed by atoms with E-state index in [2.05, 4.69) is 5.32 Å². The Hall–Kier alpha value is -2.78. The molecule has 1 unspecified atom stereocenters. The van der Waals surface area contributed by atoms with Gasteiger partial charge < -0.3 is 15.0 Å². The van der Waals surface area contributed by atoms with Crippen LogP contribution < -0.4 is 14.4 Å². The van der Waals surface area contributed by atoms with E-state index in [9.17, 15) is 18.0 Å². The first-order chi connectivity index (χ1) is 16.5. The molecule has 35 heavy (non-hydrogen) atoms. The summed E-state index contributed by atoms with van der Waals surface area (Å²) in [5, 5.41) is 3.07. The van der Waals surface area contributed by atoms with Gasteiger partial charge in [-0.1, -0.05) is 49.7 Å². The Balaban J connectivity index is 2.46. The predicted octanol–water partition coefficient (Wildman–Crippen LogP) is 3.76. The molecule has 2 aromatic rings. The van der Waals surface area contributed by atoms with Crippen molar-refractivity contribution < 1.29 is 22.7 Å². The van der Waals surface area contributed by atoms with Crippen molar-refractivity contribution in [3.05, 3.63) is 58.6 Å². The molecule has 1 atom stereocenters. The lowest BCUT2D eigenvalue weighted by atomic mass is 10.1. The second-order valence-electron chi connectivity index (χ2n) is 8.25. The maximum atomic E-state index is 13.7. The first-order valence-corrected chi connectivity index (χ1v) is 13.7. The van der Waals surface area contributed by atoms with Crippen molar-refractivity contribution in [2.24, 2.45) is 0 Å². The number of nitrogens with zero attached hydrogens (tertiary/aromatic N) is 2. The summed E-state index contributed by atoms with van der Waals surface area (Å²) in [5.41, 5.74) is 2.07. The number of hydrogen-bond donors (Lipinski definition) is 1. The summed E-state index contributed by atoms with van der Waals surface area (Å²) in [7, 11) is -2.39. The van der Waals surface area contributed by atoms with Crippen molar-refractivity contribution in [3.8, 4) is 5.75 Å². The average molecular weight is 524 g/mol. The van der Waals surface area contributed by atoms with Crippen molar-refractivity contribution >= 4 is 39.1 Å². The van der Waals surface area contributed by atoms with Crippen LogP contribution in [0.5, 0.6) is 5.75 Å². The number of methoxy groups -OCH3 is 1. The van der Waals surface area contributed by atoms with E-state index in [4.69, 9.17) is 16.3 Å². The van der Waals surface area contributed by atoms with Crippen LogP contribution in [0.2, 0.25) is 5.02 Å². The minimum atomic E-state index is -3.84. The third kappa shape index (κ3) is 7.60. The molecule has 0 spiro atoms. The van der Waals surface area contributed by atoms with E-state index in [1.165, 1.54) is 24.1 Å². The summed E-state index contributed by atoms with van der Waals surface area (Å²) in [5.74, 6) is -0.381. The van der Waals surface area contributed by atoms with Crippen molar-refractivity contribution in [2.45, 2.75) is 46.2 Å². The average Bonchev–Trinajstić information content (AvgIpc) is 2.81. The van der Waals surface area contributed by atoms with Crippen LogP contribution in [-0.4, -0.2) is 57.6 Å². The molecular weight excluding hydrogens is 490 g/mol. The molecule has 0 bridgehead atoms. The Labute approximate surface area is 213 Å². The Bertz CT molecular complexity index is 1140. The molecule has 0 aliphatic carbocycles. The first kappa shape index (κ1) is 28.5. The highest BCUT2D eigenvalue weighted by atomic mass is 35.5. The van der Waals surface area contributed by atoms with Crippen LogP contribution in [0.1, 0.15) is 37.8 Å². The molecular formula is C25H34ClN3O5S. The first-order valence-electron chi connectivity index (χ1n) is 11.5. The lowest BCUT2D eigenvalue weighted by Gasteiger charge is -2.33. The normalized spacial score (nSPS) is 12.1. The van der Waals surface area contributed by atoms with E-state index in [1.807, 2.05) is 45.0 Å². The summed E-state index contributed by atoms with van der Waals surface area (Å²) >= 11 is 6.22. The van der Waals surface area contributed by atoms with E-state index in [0.717, 1.165) is 28.1 Å². The number of aryl methyl sites for hydroxylation is 1. The Morgan fingerprint density at radius 1 is 1.14 bits per heavy atom. The molecule has 0 heterocycles. The molecule has 0 saturated heterocycles. The minimum Gasteiger partial charge on any atom is -0.495 e. The molecule has 1 N–H and O–H groups in total. The summed E-state index contributed by atoms with van der Waals surface area (Å²) in [6.45, 7) is 5.88. The van der Waals surface area contributed by atoms with Gasteiger partial charge in [0.25, 0.3) is 0 Å². The number of sulfonamides is 1. The van der Waals surface area contributed by atoms with Gasteiger partial charge in [-0.05, 0) is 49.1 Å². The molecule has 2 rings (SSSR count). The standard InChI is InChI=1S/C25H34ClN3O5S/c1-6-14-27-25(31)22(7-2)28(16-19-11-9-8-10-18(19)3)24(30)17-29(35(5,32)33)20-12-13-23(34-4)21(26)15-20/h8-13,15,22H,6-7,14,16-17H2,1-5H3,(H,27,31).